The molecule has 1 aromatic rings. The van der Waals surface area contributed by atoms with Gasteiger partial charge in [0.1, 0.15) is 5.75 Å². The van der Waals surface area contributed by atoms with Crippen LogP contribution < -0.4 is 4.74 Å². The molecule has 1 fully saturated rings. The third-order valence-electron chi connectivity index (χ3n) is 5.11. The summed E-state index contributed by atoms with van der Waals surface area (Å²) in [6.07, 6.45) is -3.24. The molecule has 5 nitrogen and oxygen atoms in total. The monoisotopic (exact) mass is 370 g/mol. The summed E-state index contributed by atoms with van der Waals surface area (Å²) in [5.74, 6) is -1.85. The maximum atomic E-state index is 13.6. The summed E-state index contributed by atoms with van der Waals surface area (Å²) in [5.41, 5.74) is -1.10. The number of carbonyl (C=O) groups is 1. The molecule has 1 aliphatic heterocycles. The molecule has 2 aliphatic rings. The number of ether oxygens (including phenoxy) is 1. The van der Waals surface area contributed by atoms with E-state index in [9.17, 15) is 23.1 Å². The van der Waals surface area contributed by atoms with Crippen LogP contribution in [0.2, 0.25) is 0 Å². The van der Waals surface area contributed by atoms with Gasteiger partial charge in [-0.3, -0.25) is 4.79 Å². The van der Waals surface area contributed by atoms with Crippen LogP contribution in [0.15, 0.2) is 23.3 Å². The van der Waals surface area contributed by atoms with Crippen LogP contribution in [0.4, 0.5) is 13.2 Å². The fraction of sp³-hybridized carbons (Fsp3) is 0.556. The lowest BCUT2D eigenvalue weighted by molar-refractivity contribution is -0.317. The highest BCUT2D eigenvalue weighted by molar-refractivity contribution is 5.93. The second kappa shape index (κ2) is 6.57. The van der Waals surface area contributed by atoms with E-state index in [1.807, 2.05) is 13.8 Å². The van der Waals surface area contributed by atoms with Gasteiger partial charge in [0, 0.05) is 5.71 Å². The third kappa shape index (κ3) is 3.06. The average Bonchev–Trinajstić information content (AvgIpc) is 2.90. The molecule has 1 N–H and O–H groups in total. The first-order valence-electron chi connectivity index (χ1n) is 8.54. The molecule has 1 aliphatic carbocycles. The zero-order chi connectivity index (χ0) is 19.1. The molecule has 26 heavy (non-hydrogen) atoms. The first kappa shape index (κ1) is 18.7. The van der Waals surface area contributed by atoms with E-state index in [0.717, 1.165) is 11.1 Å². The van der Waals surface area contributed by atoms with Crippen molar-refractivity contribution in [2.24, 2.45) is 11.0 Å². The van der Waals surface area contributed by atoms with Crippen LogP contribution in [0.5, 0.6) is 5.75 Å². The molecule has 0 bridgehead atoms. The molecule has 1 amide bonds. The molecule has 142 valence electrons. The second-order valence-electron chi connectivity index (χ2n) is 6.85. The highest BCUT2D eigenvalue weighted by atomic mass is 19.4. The van der Waals surface area contributed by atoms with Gasteiger partial charge in [-0.15, -0.1) is 0 Å². The standard InChI is InChI=1S/C18H21F3N2O3/c1-11-7-8-13(9-12(11)2)26-10-16(24)23-17(25,18(19,20)21)14-5-3-4-6-15(14)22-23/h7-9,14,25H,3-6,10H2,1-2H3/t14-,17+/m1/s1. The van der Waals surface area contributed by atoms with Crippen molar-refractivity contribution in [1.82, 2.24) is 5.01 Å². The van der Waals surface area contributed by atoms with E-state index in [-0.39, 0.29) is 17.1 Å². The lowest BCUT2D eigenvalue weighted by atomic mass is 9.80. The van der Waals surface area contributed by atoms with Gasteiger partial charge < -0.3 is 9.84 Å². The molecular weight excluding hydrogens is 349 g/mol. The topological polar surface area (TPSA) is 62.1 Å². The Morgan fingerprint density at radius 2 is 2.08 bits per heavy atom. The van der Waals surface area contributed by atoms with Crippen LogP contribution >= 0.6 is 0 Å². The first-order chi connectivity index (χ1) is 12.1. The molecule has 0 spiro atoms. The van der Waals surface area contributed by atoms with Crippen molar-refractivity contribution in [3.05, 3.63) is 29.3 Å². The quantitative estimate of drug-likeness (QED) is 0.888. The second-order valence-corrected chi connectivity index (χ2v) is 6.85. The smallest absolute Gasteiger partial charge is 0.439 e. The number of rotatable bonds is 3. The van der Waals surface area contributed by atoms with E-state index in [4.69, 9.17) is 4.74 Å². The number of hydrazone groups is 1. The van der Waals surface area contributed by atoms with Gasteiger partial charge in [-0.1, -0.05) is 12.5 Å². The van der Waals surface area contributed by atoms with Crippen LogP contribution in [-0.2, 0) is 4.79 Å². The number of halogens is 3. The van der Waals surface area contributed by atoms with E-state index >= 15 is 0 Å². The summed E-state index contributed by atoms with van der Waals surface area (Å²) < 4.78 is 46.2. The van der Waals surface area contributed by atoms with E-state index in [2.05, 4.69) is 5.10 Å². The summed E-state index contributed by atoms with van der Waals surface area (Å²) in [4.78, 5) is 12.4. The summed E-state index contributed by atoms with van der Waals surface area (Å²) in [6, 6.07) is 5.14. The number of amides is 1. The number of alkyl halides is 3. The van der Waals surface area contributed by atoms with Crippen molar-refractivity contribution in [3.8, 4) is 5.75 Å². The zero-order valence-corrected chi connectivity index (χ0v) is 14.6. The Bertz CT molecular complexity index is 748. The molecule has 1 saturated carbocycles. The highest BCUT2D eigenvalue weighted by Crippen LogP contribution is 2.48. The molecule has 8 heteroatoms. The summed E-state index contributed by atoms with van der Waals surface area (Å²) >= 11 is 0. The molecule has 0 saturated heterocycles. The first-order valence-corrected chi connectivity index (χ1v) is 8.54. The Hall–Kier alpha value is -2.09. The lowest BCUT2D eigenvalue weighted by Gasteiger charge is -2.38. The van der Waals surface area contributed by atoms with Gasteiger partial charge in [0.25, 0.3) is 11.6 Å². The van der Waals surface area contributed by atoms with Crippen LogP contribution in [0.25, 0.3) is 0 Å². The number of aliphatic hydroxyl groups is 1. The minimum absolute atomic E-state index is 0.149. The number of hydrogen-bond acceptors (Lipinski definition) is 4. The predicted molar refractivity (Wildman–Crippen MR) is 88.7 cm³/mol. The zero-order valence-electron chi connectivity index (χ0n) is 14.6. The maximum Gasteiger partial charge on any atom is 0.439 e. The summed E-state index contributed by atoms with van der Waals surface area (Å²) in [7, 11) is 0. The van der Waals surface area contributed by atoms with E-state index in [1.54, 1.807) is 18.2 Å². The van der Waals surface area contributed by atoms with Crippen molar-refractivity contribution in [2.75, 3.05) is 6.61 Å². The van der Waals surface area contributed by atoms with Crippen LogP contribution in [0, 0.1) is 19.8 Å². The van der Waals surface area contributed by atoms with Gasteiger partial charge in [-0.25, -0.2) is 0 Å². The van der Waals surface area contributed by atoms with Gasteiger partial charge in [0.05, 0.1) is 5.92 Å². The predicted octanol–water partition coefficient (Wildman–Crippen LogP) is 3.32. The number of aryl methyl sites for hydroxylation is 2. The van der Waals surface area contributed by atoms with E-state index in [1.165, 1.54) is 0 Å². The van der Waals surface area contributed by atoms with E-state index in [0.29, 0.717) is 25.0 Å². The summed E-state index contributed by atoms with van der Waals surface area (Å²) in [5, 5.41) is 14.4. The van der Waals surface area contributed by atoms with Crippen molar-refractivity contribution < 1.29 is 27.8 Å². The van der Waals surface area contributed by atoms with Crippen LogP contribution in [0.1, 0.15) is 36.8 Å². The molecule has 0 unspecified atom stereocenters. The minimum atomic E-state index is -5.00. The fourth-order valence-corrected chi connectivity index (χ4v) is 3.47. The normalized spacial score (nSPS) is 25.7. The number of hydrogen-bond donors (Lipinski definition) is 1. The Balaban J connectivity index is 1.80. The van der Waals surface area contributed by atoms with Gasteiger partial charge in [-0.2, -0.15) is 23.3 Å². The van der Waals surface area contributed by atoms with Gasteiger partial charge >= 0.3 is 6.18 Å². The molecule has 0 aromatic heterocycles. The average molecular weight is 370 g/mol. The Labute approximate surface area is 149 Å². The minimum Gasteiger partial charge on any atom is -0.484 e. The van der Waals surface area contributed by atoms with Crippen molar-refractivity contribution in [1.29, 1.82) is 0 Å². The van der Waals surface area contributed by atoms with Crippen molar-refractivity contribution in [2.45, 2.75) is 51.4 Å². The Morgan fingerprint density at radius 3 is 2.73 bits per heavy atom. The molecule has 2 atom stereocenters. The molecule has 3 rings (SSSR count). The number of carbonyl (C=O) groups excluding carboxylic acids is 1. The van der Waals surface area contributed by atoms with Gasteiger partial charge in [0.15, 0.2) is 6.61 Å². The molecular formula is C18H21F3N2O3. The SMILES string of the molecule is Cc1ccc(OCC(=O)N2N=C3CCCC[C@H]3[C@]2(O)C(F)(F)F)cc1C. The number of fused-ring (bicyclic) bond motifs is 1. The Morgan fingerprint density at radius 1 is 1.35 bits per heavy atom. The van der Waals surface area contributed by atoms with Crippen molar-refractivity contribution >= 4 is 11.6 Å². The number of benzene rings is 1. The number of nitrogens with zero attached hydrogens (tertiary/aromatic N) is 2. The van der Waals surface area contributed by atoms with Crippen molar-refractivity contribution in [3.63, 3.8) is 0 Å². The summed E-state index contributed by atoms with van der Waals surface area (Å²) in [6.45, 7) is 3.14. The van der Waals surface area contributed by atoms with Crippen LogP contribution in [-0.4, -0.2) is 40.2 Å². The third-order valence-corrected chi connectivity index (χ3v) is 5.11. The highest BCUT2D eigenvalue weighted by Gasteiger charge is 2.68. The maximum absolute atomic E-state index is 13.6. The van der Waals surface area contributed by atoms with Gasteiger partial charge in [-0.05, 0) is 56.4 Å². The molecule has 0 radical (unpaired) electrons. The Kier molecular flexibility index (Phi) is 4.72. The molecule has 1 aromatic carbocycles. The van der Waals surface area contributed by atoms with E-state index < -0.39 is 30.3 Å². The fourth-order valence-electron chi connectivity index (χ4n) is 3.47. The van der Waals surface area contributed by atoms with Gasteiger partial charge in [0.2, 0.25) is 0 Å². The molecule has 1 heterocycles. The largest absolute Gasteiger partial charge is 0.484 e. The lowest BCUT2D eigenvalue weighted by Crippen LogP contribution is -2.62. The van der Waals surface area contributed by atoms with Crippen LogP contribution in [0.3, 0.4) is 0 Å².